The molecular formula is C26H34FN3O4. The Morgan fingerprint density at radius 2 is 1.82 bits per heavy atom. The van der Waals surface area contributed by atoms with Crippen LogP contribution < -0.4 is 19.1 Å². The molecule has 184 valence electrons. The highest BCUT2D eigenvalue weighted by Crippen LogP contribution is 2.41. The van der Waals surface area contributed by atoms with Crippen LogP contribution in [-0.2, 0) is 12.0 Å². The van der Waals surface area contributed by atoms with E-state index in [1.54, 1.807) is 11.0 Å². The van der Waals surface area contributed by atoms with Crippen LogP contribution in [-0.4, -0.2) is 58.0 Å². The first-order valence-electron chi connectivity index (χ1n) is 11.2. The third-order valence-electron chi connectivity index (χ3n) is 5.91. The molecule has 0 radical (unpaired) electrons. The van der Waals surface area contributed by atoms with Gasteiger partial charge in [-0.3, -0.25) is 10.2 Å². The molecule has 0 aromatic heterocycles. The van der Waals surface area contributed by atoms with Crippen molar-refractivity contribution in [2.45, 2.75) is 39.7 Å². The predicted molar refractivity (Wildman–Crippen MR) is 132 cm³/mol. The number of amidine groups is 1. The summed E-state index contributed by atoms with van der Waals surface area (Å²) in [6, 6.07) is 5.36. The van der Waals surface area contributed by atoms with E-state index in [0.717, 1.165) is 17.0 Å². The molecule has 1 aliphatic heterocycles. The number of hydrogen-bond donors (Lipinski definition) is 1. The number of ether oxygens (including phenoxy) is 3. The van der Waals surface area contributed by atoms with Crippen molar-refractivity contribution in [2.24, 2.45) is 0 Å². The minimum absolute atomic E-state index is 0.0448. The van der Waals surface area contributed by atoms with Gasteiger partial charge in [-0.15, -0.1) is 0 Å². The fourth-order valence-corrected chi connectivity index (χ4v) is 4.18. The molecule has 0 saturated carbocycles. The first-order chi connectivity index (χ1) is 15.9. The fourth-order valence-electron chi connectivity index (χ4n) is 4.18. The van der Waals surface area contributed by atoms with Crippen LogP contribution in [0.15, 0.2) is 18.2 Å². The maximum atomic E-state index is 15.1. The van der Waals surface area contributed by atoms with E-state index in [-0.39, 0.29) is 47.2 Å². The van der Waals surface area contributed by atoms with Crippen molar-refractivity contribution >= 4 is 17.3 Å². The largest absolute Gasteiger partial charge is 0.493 e. The number of nitrogens with zero attached hydrogens (tertiary/aromatic N) is 2. The zero-order valence-corrected chi connectivity index (χ0v) is 21.3. The van der Waals surface area contributed by atoms with Crippen LogP contribution in [0.25, 0.3) is 0 Å². The van der Waals surface area contributed by atoms with Gasteiger partial charge >= 0.3 is 0 Å². The minimum atomic E-state index is -0.650. The van der Waals surface area contributed by atoms with E-state index in [1.807, 2.05) is 38.1 Å². The van der Waals surface area contributed by atoms with Gasteiger partial charge in [0, 0.05) is 31.8 Å². The zero-order valence-electron chi connectivity index (χ0n) is 21.3. The van der Waals surface area contributed by atoms with Crippen LogP contribution in [0.2, 0.25) is 0 Å². The molecule has 0 fully saturated rings. The lowest BCUT2D eigenvalue weighted by Crippen LogP contribution is -2.31. The molecule has 1 N–H and O–H groups in total. The number of carbonyl (C=O) groups is 1. The number of halogens is 1. The monoisotopic (exact) mass is 471 g/mol. The van der Waals surface area contributed by atoms with E-state index < -0.39 is 5.82 Å². The van der Waals surface area contributed by atoms with Crippen molar-refractivity contribution in [1.82, 2.24) is 4.90 Å². The van der Waals surface area contributed by atoms with Crippen LogP contribution in [0, 0.1) is 11.2 Å². The number of hydrogen-bond acceptors (Lipinski definition) is 6. The molecule has 2 aromatic rings. The van der Waals surface area contributed by atoms with E-state index in [0.29, 0.717) is 17.7 Å². The summed E-state index contributed by atoms with van der Waals surface area (Å²) in [5.41, 5.74) is 2.75. The predicted octanol–water partition coefficient (Wildman–Crippen LogP) is 4.63. The van der Waals surface area contributed by atoms with E-state index in [2.05, 4.69) is 20.8 Å². The molecule has 2 aromatic carbocycles. The van der Waals surface area contributed by atoms with Crippen molar-refractivity contribution in [3.63, 3.8) is 0 Å². The summed E-state index contributed by atoms with van der Waals surface area (Å²) in [6.07, 6.45) is 0. The van der Waals surface area contributed by atoms with Crippen LogP contribution >= 0.6 is 0 Å². The Morgan fingerprint density at radius 1 is 1.15 bits per heavy atom. The molecule has 0 saturated heterocycles. The number of carbonyl (C=O) groups excluding carboxylic acids is 1. The number of anilines is 1. The number of rotatable bonds is 8. The Morgan fingerprint density at radius 3 is 2.35 bits per heavy atom. The minimum Gasteiger partial charge on any atom is -0.493 e. The summed E-state index contributed by atoms with van der Waals surface area (Å²) in [5, 5.41) is 8.53. The standard InChI is InChI=1S/C26H34FN3O4/c1-9-34-23-17(26(2,3)4)10-15(11-18(23)29(5)6)19(31)14-30-13-16-12-20(32-7)24(33-8)22(27)21(16)25(30)28/h10-12,28H,9,13-14H2,1-8H3. The SMILES string of the molecule is CCOc1c(N(C)C)cc(C(=O)CN2Cc3cc(OC)c(OC)c(F)c3C2=N)cc1C(C)(C)C. The van der Waals surface area contributed by atoms with Gasteiger partial charge in [0.25, 0.3) is 0 Å². The number of methoxy groups -OCH3 is 2. The third-order valence-corrected chi connectivity index (χ3v) is 5.91. The van der Waals surface area contributed by atoms with E-state index >= 15 is 4.39 Å². The van der Waals surface area contributed by atoms with Crippen LogP contribution in [0.1, 0.15) is 54.7 Å². The molecule has 0 aliphatic carbocycles. The summed E-state index contributed by atoms with van der Waals surface area (Å²) in [4.78, 5) is 16.9. The van der Waals surface area contributed by atoms with Crippen LogP contribution in [0.3, 0.4) is 0 Å². The molecular weight excluding hydrogens is 437 g/mol. The highest BCUT2D eigenvalue weighted by Gasteiger charge is 2.33. The van der Waals surface area contributed by atoms with Crippen LogP contribution in [0.5, 0.6) is 17.2 Å². The van der Waals surface area contributed by atoms with Gasteiger partial charge in [-0.25, -0.2) is 4.39 Å². The Hall–Kier alpha value is -3.29. The second-order valence-electron chi connectivity index (χ2n) is 9.54. The van der Waals surface area contributed by atoms with Gasteiger partial charge in [-0.1, -0.05) is 20.8 Å². The topological polar surface area (TPSA) is 75.1 Å². The number of fused-ring (bicyclic) bond motifs is 1. The van der Waals surface area contributed by atoms with Gasteiger partial charge in [0.05, 0.1) is 38.6 Å². The maximum absolute atomic E-state index is 15.1. The van der Waals surface area contributed by atoms with Gasteiger partial charge < -0.3 is 24.0 Å². The quantitative estimate of drug-likeness (QED) is 0.566. The normalized spacial score (nSPS) is 13.1. The molecule has 1 heterocycles. The molecule has 1 aliphatic rings. The second kappa shape index (κ2) is 9.52. The molecule has 0 atom stereocenters. The summed E-state index contributed by atoms with van der Waals surface area (Å²) in [7, 11) is 6.62. The smallest absolute Gasteiger partial charge is 0.197 e. The van der Waals surface area contributed by atoms with E-state index in [1.165, 1.54) is 14.2 Å². The third kappa shape index (κ3) is 4.54. The molecule has 0 unspecified atom stereocenters. The Bertz CT molecular complexity index is 1120. The van der Waals surface area contributed by atoms with Crippen molar-refractivity contribution in [3.8, 4) is 17.2 Å². The summed E-state index contributed by atoms with van der Waals surface area (Å²) >= 11 is 0. The van der Waals surface area contributed by atoms with Gasteiger partial charge in [0.1, 0.15) is 11.6 Å². The number of ketones is 1. The molecule has 7 nitrogen and oxygen atoms in total. The Labute approximate surface area is 200 Å². The first kappa shape index (κ1) is 25.3. The number of nitrogens with one attached hydrogen (secondary N) is 1. The highest BCUT2D eigenvalue weighted by atomic mass is 19.1. The molecule has 8 heteroatoms. The summed E-state index contributed by atoms with van der Waals surface area (Å²) in [5.74, 6) is 0.125. The molecule has 0 bridgehead atoms. The second-order valence-corrected chi connectivity index (χ2v) is 9.54. The molecule has 34 heavy (non-hydrogen) atoms. The van der Waals surface area contributed by atoms with Crippen molar-refractivity contribution in [1.29, 1.82) is 5.41 Å². The Balaban J connectivity index is 1.97. The van der Waals surface area contributed by atoms with Gasteiger partial charge in [-0.2, -0.15) is 0 Å². The average Bonchev–Trinajstić information content (AvgIpc) is 3.07. The van der Waals surface area contributed by atoms with E-state index in [9.17, 15) is 4.79 Å². The highest BCUT2D eigenvalue weighted by molar-refractivity contribution is 6.06. The molecule has 3 rings (SSSR count). The van der Waals surface area contributed by atoms with Gasteiger partial charge in [0.2, 0.25) is 0 Å². The van der Waals surface area contributed by atoms with Crippen molar-refractivity contribution < 1.29 is 23.4 Å². The van der Waals surface area contributed by atoms with Gasteiger partial charge in [0.15, 0.2) is 23.1 Å². The first-order valence-corrected chi connectivity index (χ1v) is 11.2. The zero-order chi connectivity index (χ0) is 25.4. The molecule has 0 spiro atoms. The summed E-state index contributed by atoms with van der Waals surface area (Å²) in [6.45, 7) is 8.87. The lowest BCUT2D eigenvalue weighted by atomic mass is 9.84. The Kier molecular flexibility index (Phi) is 7.10. The van der Waals surface area contributed by atoms with Crippen molar-refractivity contribution in [2.75, 3.05) is 46.4 Å². The van der Waals surface area contributed by atoms with E-state index in [4.69, 9.17) is 19.6 Å². The number of benzene rings is 2. The maximum Gasteiger partial charge on any atom is 0.197 e. The van der Waals surface area contributed by atoms with Crippen LogP contribution in [0.4, 0.5) is 10.1 Å². The number of Topliss-reactive ketones (excluding diaryl/α,β-unsaturated/α-hetero) is 1. The van der Waals surface area contributed by atoms with Crippen molar-refractivity contribution in [3.05, 3.63) is 46.3 Å². The van der Waals surface area contributed by atoms with Gasteiger partial charge in [-0.05, 0) is 36.1 Å². The lowest BCUT2D eigenvalue weighted by Gasteiger charge is -2.28. The lowest BCUT2D eigenvalue weighted by molar-refractivity contribution is 0.0962. The fraction of sp³-hybridized carbons (Fsp3) is 0.462. The average molecular weight is 472 g/mol. The molecule has 0 amide bonds. The summed E-state index contributed by atoms with van der Waals surface area (Å²) < 4.78 is 31.4.